The third-order valence-corrected chi connectivity index (χ3v) is 2.34. The van der Waals surface area contributed by atoms with Crippen LogP contribution in [0.2, 0.25) is 0 Å². The molecule has 1 amide bonds. The van der Waals surface area contributed by atoms with E-state index in [0.29, 0.717) is 5.69 Å². The summed E-state index contributed by atoms with van der Waals surface area (Å²) in [5.74, 6) is -1.03. The van der Waals surface area contributed by atoms with Crippen molar-refractivity contribution in [3.8, 4) is 0 Å². The van der Waals surface area contributed by atoms with E-state index >= 15 is 0 Å². The van der Waals surface area contributed by atoms with E-state index < -0.39 is 11.7 Å². The Labute approximate surface area is 97.0 Å². The first-order valence-electron chi connectivity index (χ1n) is 4.93. The minimum atomic E-state index is -0.569. The Morgan fingerprint density at radius 1 is 1.47 bits per heavy atom. The second kappa shape index (κ2) is 4.25. The minimum Gasteiger partial charge on any atom is -0.397 e. The second-order valence-electron chi connectivity index (χ2n) is 3.50. The van der Waals surface area contributed by atoms with Gasteiger partial charge in [0.2, 0.25) is 0 Å². The van der Waals surface area contributed by atoms with E-state index in [1.54, 1.807) is 7.05 Å². The molecule has 0 aliphatic heterocycles. The van der Waals surface area contributed by atoms with Crippen LogP contribution < -0.4 is 11.1 Å². The number of aromatic nitrogens is 2. The highest BCUT2D eigenvalue weighted by molar-refractivity contribution is 6.04. The number of hydrogen-bond donors (Lipinski definition) is 2. The van der Waals surface area contributed by atoms with Gasteiger partial charge in [0.05, 0.1) is 5.69 Å². The maximum Gasteiger partial charge on any atom is 0.274 e. The second-order valence-corrected chi connectivity index (χ2v) is 3.50. The summed E-state index contributed by atoms with van der Waals surface area (Å²) in [6.45, 7) is 0. The molecule has 0 spiro atoms. The predicted octanol–water partition coefficient (Wildman–Crippen LogP) is 1.39. The van der Waals surface area contributed by atoms with Crippen molar-refractivity contribution in [3.05, 3.63) is 42.0 Å². The summed E-state index contributed by atoms with van der Waals surface area (Å²) in [5, 5.41) is 6.28. The number of anilines is 2. The number of halogens is 1. The number of carbonyl (C=O) groups excluding carboxylic acids is 1. The van der Waals surface area contributed by atoms with Crippen LogP contribution in [0.1, 0.15) is 10.5 Å². The van der Waals surface area contributed by atoms with Crippen LogP contribution in [0.15, 0.2) is 30.5 Å². The molecular formula is C11H11FN4O. The van der Waals surface area contributed by atoms with Crippen molar-refractivity contribution in [2.24, 2.45) is 7.05 Å². The molecule has 17 heavy (non-hydrogen) atoms. The maximum absolute atomic E-state index is 13.4. The van der Waals surface area contributed by atoms with E-state index in [1.807, 2.05) is 0 Å². The number of nitrogens with two attached hydrogens (primary N) is 1. The van der Waals surface area contributed by atoms with Crippen molar-refractivity contribution in [3.63, 3.8) is 0 Å². The van der Waals surface area contributed by atoms with E-state index in [4.69, 9.17) is 5.73 Å². The topological polar surface area (TPSA) is 72.9 Å². The molecule has 5 nitrogen and oxygen atoms in total. The smallest absolute Gasteiger partial charge is 0.274 e. The fourth-order valence-corrected chi connectivity index (χ4v) is 1.45. The molecule has 88 valence electrons. The molecule has 0 unspecified atom stereocenters. The van der Waals surface area contributed by atoms with Crippen molar-refractivity contribution in [1.29, 1.82) is 0 Å². The molecule has 2 rings (SSSR count). The van der Waals surface area contributed by atoms with Gasteiger partial charge in [-0.3, -0.25) is 9.48 Å². The third kappa shape index (κ3) is 2.10. The summed E-state index contributed by atoms with van der Waals surface area (Å²) in [5.41, 5.74) is 6.08. The summed E-state index contributed by atoms with van der Waals surface area (Å²) in [6.07, 6.45) is 1.49. The van der Waals surface area contributed by atoms with E-state index in [-0.39, 0.29) is 11.4 Å². The normalized spacial score (nSPS) is 10.2. The average molecular weight is 234 g/mol. The highest BCUT2D eigenvalue weighted by atomic mass is 19.1. The summed E-state index contributed by atoms with van der Waals surface area (Å²) in [4.78, 5) is 11.8. The van der Waals surface area contributed by atoms with E-state index in [2.05, 4.69) is 10.4 Å². The van der Waals surface area contributed by atoms with Crippen molar-refractivity contribution >= 4 is 17.3 Å². The van der Waals surface area contributed by atoms with Crippen LogP contribution in [0.4, 0.5) is 15.8 Å². The lowest BCUT2D eigenvalue weighted by molar-refractivity contribution is 0.101. The van der Waals surface area contributed by atoms with Crippen molar-refractivity contribution in [1.82, 2.24) is 9.78 Å². The van der Waals surface area contributed by atoms with E-state index in [9.17, 15) is 9.18 Å². The SMILES string of the molecule is Cn1nccc1C(=O)Nc1c(N)cccc1F. The molecule has 0 aliphatic carbocycles. The van der Waals surface area contributed by atoms with Gasteiger partial charge in [0, 0.05) is 13.2 Å². The molecule has 0 bridgehead atoms. The van der Waals surface area contributed by atoms with Crippen LogP contribution in [0.3, 0.4) is 0 Å². The van der Waals surface area contributed by atoms with Gasteiger partial charge >= 0.3 is 0 Å². The molecule has 0 fully saturated rings. The largest absolute Gasteiger partial charge is 0.397 e. The molecule has 1 heterocycles. The molecule has 1 aromatic heterocycles. The van der Waals surface area contributed by atoms with E-state index in [1.165, 1.54) is 35.1 Å². The van der Waals surface area contributed by atoms with Gasteiger partial charge in [-0.05, 0) is 18.2 Å². The first-order chi connectivity index (χ1) is 8.09. The number of rotatable bonds is 2. The third-order valence-electron chi connectivity index (χ3n) is 2.34. The number of hydrogen-bond acceptors (Lipinski definition) is 3. The zero-order chi connectivity index (χ0) is 12.4. The fourth-order valence-electron chi connectivity index (χ4n) is 1.45. The van der Waals surface area contributed by atoms with Crippen LogP contribution in [-0.4, -0.2) is 15.7 Å². The Morgan fingerprint density at radius 2 is 2.24 bits per heavy atom. The Morgan fingerprint density at radius 3 is 2.82 bits per heavy atom. The van der Waals surface area contributed by atoms with Crippen molar-refractivity contribution in [2.75, 3.05) is 11.1 Å². The van der Waals surface area contributed by atoms with Crippen LogP contribution in [-0.2, 0) is 7.05 Å². The van der Waals surface area contributed by atoms with Gasteiger partial charge in [-0.25, -0.2) is 4.39 Å². The summed E-state index contributed by atoms with van der Waals surface area (Å²) >= 11 is 0. The van der Waals surface area contributed by atoms with Gasteiger partial charge in [-0.2, -0.15) is 5.10 Å². The van der Waals surface area contributed by atoms with Gasteiger partial charge in [0.1, 0.15) is 17.2 Å². The fraction of sp³-hybridized carbons (Fsp3) is 0.0909. The molecule has 0 radical (unpaired) electrons. The number of nitrogens with zero attached hydrogens (tertiary/aromatic N) is 2. The van der Waals surface area contributed by atoms with Crippen molar-refractivity contribution < 1.29 is 9.18 Å². The number of para-hydroxylation sites is 1. The van der Waals surface area contributed by atoms with Gasteiger partial charge in [0.15, 0.2) is 0 Å². The summed E-state index contributed by atoms with van der Waals surface area (Å²) < 4.78 is 14.8. The first-order valence-corrected chi connectivity index (χ1v) is 4.93. The van der Waals surface area contributed by atoms with Gasteiger partial charge < -0.3 is 11.1 Å². The van der Waals surface area contributed by atoms with E-state index in [0.717, 1.165) is 0 Å². The number of nitrogen functional groups attached to an aromatic ring is 1. The Bertz CT molecular complexity index is 544. The Hall–Kier alpha value is -2.37. The van der Waals surface area contributed by atoms with Gasteiger partial charge in [-0.15, -0.1) is 0 Å². The number of carbonyl (C=O) groups is 1. The van der Waals surface area contributed by atoms with Gasteiger partial charge in [0.25, 0.3) is 5.91 Å². The van der Waals surface area contributed by atoms with Crippen LogP contribution in [0, 0.1) is 5.82 Å². The summed E-state index contributed by atoms with van der Waals surface area (Å²) in [7, 11) is 1.62. The average Bonchev–Trinajstić information content (AvgIpc) is 2.70. The predicted molar refractivity (Wildman–Crippen MR) is 62.0 cm³/mol. The number of nitrogens with one attached hydrogen (secondary N) is 1. The number of benzene rings is 1. The highest BCUT2D eigenvalue weighted by Crippen LogP contribution is 2.22. The van der Waals surface area contributed by atoms with Crippen LogP contribution in [0.5, 0.6) is 0 Å². The Kier molecular flexibility index (Phi) is 2.78. The lowest BCUT2D eigenvalue weighted by Gasteiger charge is -2.08. The molecule has 2 aromatic rings. The number of amides is 1. The molecule has 6 heteroatoms. The maximum atomic E-state index is 13.4. The minimum absolute atomic E-state index is 0.0151. The zero-order valence-corrected chi connectivity index (χ0v) is 9.14. The molecule has 0 saturated carbocycles. The molecule has 3 N–H and O–H groups in total. The zero-order valence-electron chi connectivity index (χ0n) is 9.14. The van der Waals surface area contributed by atoms with Crippen molar-refractivity contribution in [2.45, 2.75) is 0 Å². The number of aryl methyl sites for hydroxylation is 1. The lowest BCUT2D eigenvalue weighted by Crippen LogP contribution is -2.17. The molecular weight excluding hydrogens is 223 g/mol. The summed E-state index contributed by atoms with van der Waals surface area (Å²) in [6, 6.07) is 5.76. The standard InChI is InChI=1S/C11H11FN4O/c1-16-9(5-6-14-16)11(17)15-10-7(12)3-2-4-8(10)13/h2-6H,13H2,1H3,(H,15,17). The molecule has 0 saturated heterocycles. The Balaban J connectivity index is 2.28. The lowest BCUT2D eigenvalue weighted by atomic mass is 10.2. The van der Waals surface area contributed by atoms with Crippen LogP contribution >= 0.6 is 0 Å². The molecule has 0 atom stereocenters. The molecule has 1 aromatic carbocycles. The highest BCUT2D eigenvalue weighted by Gasteiger charge is 2.14. The quantitative estimate of drug-likeness (QED) is 0.771. The monoisotopic (exact) mass is 234 g/mol. The molecule has 0 aliphatic rings. The first kappa shape index (κ1) is 11.1. The van der Waals surface area contributed by atoms with Crippen LogP contribution in [0.25, 0.3) is 0 Å². The van der Waals surface area contributed by atoms with Gasteiger partial charge in [-0.1, -0.05) is 6.07 Å².